The van der Waals surface area contributed by atoms with Crippen molar-refractivity contribution in [1.29, 1.82) is 0 Å². The van der Waals surface area contributed by atoms with Gasteiger partial charge < -0.3 is 4.74 Å². The Morgan fingerprint density at radius 2 is 2.25 bits per heavy atom. The Kier molecular flexibility index (Phi) is 3.00. The predicted molar refractivity (Wildman–Crippen MR) is 60.1 cm³/mol. The van der Waals surface area contributed by atoms with Crippen molar-refractivity contribution in [3.8, 4) is 11.4 Å². The molecule has 4 nitrogen and oxygen atoms in total. The number of hydrogen-bond acceptors (Lipinski definition) is 3. The lowest BCUT2D eigenvalue weighted by Gasteiger charge is -2.03. The number of aldehydes is 1. The van der Waals surface area contributed by atoms with Gasteiger partial charge in [-0.25, -0.2) is 4.68 Å². The summed E-state index contributed by atoms with van der Waals surface area (Å²) in [4.78, 5) is 10.9. The molecular weight excluding hydrogens is 204 g/mol. The van der Waals surface area contributed by atoms with Gasteiger partial charge in [0.1, 0.15) is 0 Å². The van der Waals surface area contributed by atoms with Gasteiger partial charge in [0.25, 0.3) is 0 Å². The molecule has 0 radical (unpaired) electrons. The molecule has 16 heavy (non-hydrogen) atoms. The van der Waals surface area contributed by atoms with Crippen LogP contribution in [0.5, 0.6) is 5.75 Å². The number of hydrogen-bond donors (Lipinski definition) is 0. The normalized spacial score (nSPS) is 10.1. The Labute approximate surface area is 93.5 Å². The van der Waals surface area contributed by atoms with Crippen molar-refractivity contribution >= 4 is 6.29 Å². The highest BCUT2D eigenvalue weighted by molar-refractivity contribution is 5.80. The van der Waals surface area contributed by atoms with Gasteiger partial charge in [-0.1, -0.05) is 12.1 Å². The van der Waals surface area contributed by atoms with E-state index in [1.807, 2.05) is 25.1 Å². The smallest absolute Gasteiger partial charge is 0.157 e. The minimum Gasteiger partial charge on any atom is -0.491 e. The van der Waals surface area contributed by atoms with E-state index in [0.29, 0.717) is 17.9 Å². The van der Waals surface area contributed by atoms with Crippen molar-refractivity contribution in [2.45, 2.75) is 6.92 Å². The van der Waals surface area contributed by atoms with Gasteiger partial charge in [-0.2, -0.15) is 5.10 Å². The second-order valence-corrected chi connectivity index (χ2v) is 3.23. The highest BCUT2D eigenvalue weighted by Gasteiger charge is 2.05. The van der Waals surface area contributed by atoms with Crippen molar-refractivity contribution in [1.82, 2.24) is 9.78 Å². The molecule has 0 N–H and O–H groups in total. The molecule has 0 atom stereocenters. The van der Waals surface area contributed by atoms with Crippen LogP contribution in [-0.4, -0.2) is 22.7 Å². The van der Waals surface area contributed by atoms with E-state index in [1.165, 1.54) is 0 Å². The first-order valence-corrected chi connectivity index (χ1v) is 5.07. The van der Waals surface area contributed by atoms with Crippen LogP contribution in [0.2, 0.25) is 0 Å². The maximum Gasteiger partial charge on any atom is 0.157 e. The van der Waals surface area contributed by atoms with E-state index in [4.69, 9.17) is 4.74 Å². The Bertz CT molecular complexity index is 491. The molecule has 2 rings (SSSR count). The van der Waals surface area contributed by atoms with E-state index in [1.54, 1.807) is 23.1 Å². The zero-order chi connectivity index (χ0) is 11.4. The van der Waals surface area contributed by atoms with E-state index in [9.17, 15) is 4.79 Å². The Morgan fingerprint density at radius 1 is 1.44 bits per heavy atom. The number of ether oxygens (including phenoxy) is 1. The van der Waals surface area contributed by atoms with Crippen LogP contribution in [-0.2, 0) is 0 Å². The van der Waals surface area contributed by atoms with Gasteiger partial charge >= 0.3 is 0 Å². The van der Waals surface area contributed by atoms with Gasteiger partial charge in [0.2, 0.25) is 0 Å². The molecule has 0 fully saturated rings. The van der Waals surface area contributed by atoms with Crippen molar-refractivity contribution in [3.63, 3.8) is 0 Å². The summed E-state index contributed by atoms with van der Waals surface area (Å²) in [7, 11) is 0. The zero-order valence-electron chi connectivity index (χ0n) is 8.96. The molecule has 0 aliphatic heterocycles. The van der Waals surface area contributed by atoms with Crippen LogP contribution in [0.1, 0.15) is 17.3 Å². The molecular formula is C12H12N2O2. The molecule has 1 aromatic carbocycles. The van der Waals surface area contributed by atoms with E-state index in [0.717, 1.165) is 12.0 Å². The molecule has 1 aromatic heterocycles. The third-order valence-electron chi connectivity index (χ3n) is 2.18. The van der Waals surface area contributed by atoms with Crippen LogP contribution in [0.3, 0.4) is 0 Å². The van der Waals surface area contributed by atoms with Crippen molar-refractivity contribution < 1.29 is 9.53 Å². The number of aromatic nitrogens is 2. The molecule has 0 aliphatic rings. The van der Waals surface area contributed by atoms with Crippen LogP contribution in [0.25, 0.3) is 5.69 Å². The molecule has 0 saturated carbocycles. The highest BCUT2D eigenvalue weighted by Crippen LogP contribution is 2.16. The number of carbonyl (C=O) groups is 1. The predicted octanol–water partition coefficient (Wildman–Crippen LogP) is 2.08. The highest BCUT2D eigenvalue weighted by atomic mass is 16.5. The van der Waals surface area contributed by atoms with Crippen molar-refractivity contribution in [2.24, 2.45) is 0 Å². The molecule has 0 bridgehead atoms. The fourth-order valence-corrected chi connectivity index (χ4v) is 1.48. The summed E-state index contributed by atoms with van der Waals surface area (Å²) in [6, 6.07) is 7.28. The topological polar surface area (TPSA) is 44.1 Å². The van der Waals surface area contributed by atoms with Gasteiger partial charge in [0.05, 0.1) is 24.7 Å². The molecule has 2 aromatic rings. The molecule has 0 amide bonds. The van der Waals surface area contributed by atoms with E-state index in [2.05, 4.69) is 5.10 Å². The Hall–Kier alpha value is -2.10. The Morgan fingerprint density at radius 3 is 3.00 bits per heavy atom. The SMILES string of the molecule is CCOc1cnn(-c2ccccc2C=O)c1. The number of benzene rings is 1. The minimum absolute atomic E-state index is 0.598. The number of nitrogens with zero attached hydrogens (tertiary/aromatic N) is 2. The quantitative estimate of drug-likeness (QED) is 0.735. The van der Waals surface area contributed by atoms with Crippen LogP contribution in [0, 0.1) is 0 Å². The van der Waals surface area contributed by atoms with Gasteiger partial charge in [0.15, 0.2) is 12.0 Å². The maximum atomic E-state index is 10.9. The summed E-state index contributed by atoms with van der Waals surface area (Å²) in [5.41, 5.74) is 1.36. The minimum atomic E-state index is 0.598. The monoisotopic (exact) mass is 216 g/mol. The lowest BCUT2D eigenvalue weighted by Crippen LogP contribution is -1.98. The molecule has 0 aliphatic carbocycles. The van der Waals surface area contributed by atoms with Gasteiger partial charge in [-0.05, 0) is 19.1 Å². The summed E-state index contributed by atoms with van der Waals surface area (Å²) >= 11 is 0. The maximum absolute atomic E-state index is 10.9. The summed E-state index contributed by atoms with van der Waals surface area (Å²) in [5, 5.41) is 4.15. The fourth-order valence-electron chi connectivity index (χ4n) is 1.48. The molecule has 1 heterocycles. The molecule has 4 heteroatoms. The standard InChI is InChI=1S/C12H12N2O2/c1-2-16-11-7-13-14(8-11)12-6-4-3-5-10(12)9-15/h3-9H,2H2,1H3. The molecule has 0 unspecified atom stereocenters. The number of rotatable bonds is 4. The Balaban J connectivity index is 2.38. The average Bonchev–Trinajstić information content (AvgIpc) is 2.78. The van der Waals surface area contributed by atoms with Gasteiger partial charge in [-0.15, -0.1) is 0 Å². The third-order valence-corrected chi connectivity index (χ3v) is 2.18. The zero-order valence-corrected chi connectivity index (χ0v) is 8.96. The average molecular weight is 216 g/mol. The largest absolute Gasteiger partial charge is 0.491 e. The van der Waals surface area contributed by atoms with Crippen molar-refractivity contribution in [2.75, 3.05) is 6.61 Å². The van der Waals surface area contributed by atoms with Crippen LogP contribution in [0.4, 0.5) is 0 Å². The summed E-state index contributed by atoms with van der Waals surface area (Å²) in [5.74, 6) is 0.697. The first-order valence-electron chi connectivity index (χ1n) is 5.07. The third kappa shape index (κ3) is 1.95. The van der Waals surface area contributed by atoms with Crippen molar-refractivity contribution in [3.05, 3.63) is 42.2 Å². The number of carbonyl (C=O) groups excluding carboxylic acids is 1. The van der Waals surface area contributed by atoms with Gasteiger partial charge in [0, 0.05) is 5.56 Å². The fraction of sp³-hybridized carbons (Fsp3) is 0.167. The first-order chi connectivity index (χ1) is 7.85. The molecule has 0 saturated heterocycles. The second kappa shape index (κ2) is 4.61. The molecule has 0 spiro atoms. The second-order valence-electron chi connectivity index (χ2n) is 3.23. The van der Waals surface area contributed by atoms with E-state index < -0.39 is 0 Å². The van der Waals surface area contributed by atoms with Crippen LogP contribution in [0.15, 0.2) is 36.7 Å². The number of para-hydroxylation sites is 1. The van der Waals surface area contributed by atoms with Crippen LogP contribution < -0.4 is 4.74 Å². The summed E-state index contributed by atoms with van der Waals surface area (Å²) < 4.78 is 6.94. The van der Waals surface area contributed by atoms with E-state index in [-0.39, 0.29) is 0 Å². The summed E-state index contributed by atoms with van der Waals surface area (Å²) in [6.07, 6.45) is 4.20. The lowest BCUT2D eigenvalue weighted by molar-refractivity contribution is 0.112. The van der Waals surface area contributed by atoms with Gasteiger partial charge in [-0.3, -0.25) is 4.79 Å². The molecule has 82 valence electrons. The lowest BCUT2D eigenvalue weighted by atomic mass is 10.2. The van der Waals surface area contributed by atoms with Crippen LogP contribution >= 0.6 is 0 Å². The first kappa shape index (κ1) is 10.4. The van der Waals surface area contributed by atoms with E-state index >= 15 is 0 Å². The summed E-state index contributed by atoms with van der Waals surface area (Å²) in [6.45, 7) is 2.51.